The van der Waals surface area contributed by atoms with Gasteiger partial charge in [0.25, 0.3) is 0 Å². The lowest BCUT2D eigenvalue weighted by atomic mass is 9.95. The number of hydrogen-bond donors (Lipinski definition) is 1. The number of esters is 1. The van der Waals surface area contributed by atoms with Crippen LogP contribution in [0.1, 0.15) is 40.0 Å². The van der Waals surface area contributed by atoms with E-state index in [1.165, 1.54) is 20.0 Å². The van der Waals surface area contributed by atoms with E-state index < -0.39 is 5.54 Å². The number of piperidine rings is 1. The molecular weight excluding hydrogens is 228 g/mol. The van der Waals surface area contributed by atoms with Crippen LogP contribution < -0.4 is 5.32 Å². The van der Waals surface area contributed by atoms with Gasteiger partial charge in [-0.15, -0.1) is 0 Å². The van der Waals surface area contributed by atoms with E-state index in [1.54, 1.807) is 0 Å². The van der Waals surface area contributed by atoms with Crippen molar-refractivity contribution in [2.24, 2.45) is 5.92 Å². The van der Waals surface area contributed by atoms with Crippen LogP contribution in [0.3, 0.4) is 0 Å². The van der Waals surface area contributed by atoms with Crippen molar-refractivity contribution in [3.05, 3.63) is 0 Å². The Morgan fingerprint density at radius 1 is 1.44 bits per heavy atom. The monoisotopic (exact) mass is 256 g/mol. The standard InChI is InChI=1S/C14H28N2O2/c1-5-8-15-14(3,13(17)18-4)11-16-9-6-12(2)7-10-16/h12,15H,5-11H2,1-4H3. The Kier molecular flexibility index (Phi) is 6.09. The molecule has 1 N–H and O–H groups in total. The second-order valence-corrected chi connectivity index (χ2v) is 5.71. The van der Waals surface area contributed by atoms with Crippen LogP contribution in [-0.2, 0) is 9.53 Å². The Morgan fingerprint density at radius 2 is 2.06 bits per heavy atom. The van der Waals surface area contributed by atoms with E-state index in [0.717, 1.165) is 38.5 Å². The zero-order chi connectivity index (χ0) is 13.6. The molecule has 1 atom stereocenters. The molecule has 1 aliphatic heterocycles. The summed E-state index contributed by atoms with van der Waals surface area (Å²) >= 11 is 0. The van der Waals surface area contributed by atoms with Crippen molar-refractivity contribution in [1.82, 2.24) is 10.2 Å². The Balaban J connectivity index is 2.57. The third-order valence-electron chi connectivity index (χ3n) is 3.82. The van der Waals surface area contributed by atoms with Gasteiger partial charge in [-0.05, 0) is 51.7 Å². The molecule has 1 fully saturated rings. The first kappa shape index (κ1) is 15.4. The number of carbonyl (C=O) groups excluding carboxylic acids is 1. The summed E-state index contributed by atoms with van der Waals surface area (Å²) in [7, 11) is 1.46. The van der Waals surface area contributed by atoms with Gasteiger partial charge in [-0.2, -0.15) is 0 Å². The Labute approximate surface area is 111 Å². The van der Waals surface area contributed by atoms with Crippen LogP contribution in [0.2, 0.25) is 0 Å². The number of likely N-dealkylation sites (tertiary alicyclic amines) is 1. The van der Waals surface area contributed by atoms with E-state index in [0.29, 0.717) is 0 Å². The van der Waals surface area contributed by atoms with E-state index in [1.807, 2.05) is 6.92 Å². The minimum absolute atomic E-state index is 0.158. The molecule has 18 heavy (non-hydrogen) atoms. The lowest BCUT2D eigenvalue weighted by molar-refractivity contribution is -0.149. The summed E-state index contributed by atoms with van der Waals surface area (Å²) < 4.78 is 4.95. The molecule has 0 aromatic heterocycles. The highest BCUT2D eigenvalue weighted by Gasteiger charge is 2.36. The summed E-state index contributed by atoms with van der Waals surface area (Å²) in [5, 5.41) is 3.34. The summed E-state index contributed by atoms with van der Waals surface area (Å²) in [6.07, 6.45) is 3.47. The van der Waals surface area contributed by atoms with Crippen LogP contribution in [0.5, 0.6) is 0 Å². The molecule has 1 heterocycles. The van der Waals surface area contributed by atoms with Crippen LogP contribution >= 0.6 is 0 Å². The van der Waals surface area contributed by atoms with E-state index in [9.17, 15) is 4.79 Å². The highest BCUT2D eigenvalue weighted by Crippen LogP contribution is 2.19. The maximum atomic E-state index is 12.0. The van der Waals surface area contributed by atoms with Gasteiger partial charge >= 0.3 is 5.97 Å². The fraction of sp³-hybridized carbons (Fsp3) is 0.929. The fourth-order valence-corrected chi connectivity index (χ4v) is 2.49. The molecule has 0 bridgehead atoms. The first-order chi connectivity index (χ1) is 8.51. The van der Waals surface area contributed by atoms with Crippen molar-refractivity contribution in [3.63, 3.8) is 0 Å². The van der Waals surface area contributed by atoms with Gasteiger partial charge in [-0.25, -0.2) is 0 Å². The third-order valence-corrected chi connectivity index (χ3v) is 3.82. The number of methoxy groups -OCH3 is 1. The van der Waals surface area contributed by atoms with Gasteiger partial charge < -0.3 is 15.0 Å². The Bertz CT molecular complexity index is 263. The second-order valence-electron chi connectivity index (χ2n) is 5.71. The summed E-state index contributed by atoms with van der Waals surface area (Å²) in [5.74, 6) is 0.656. The van der Waals surface area contributed by atoms with Crippen LogP contribution in [0.4, 0.5) is 0 Å². The zero-order valence-electron chi connectivity index (χ0n) is 12.3. The number of nitrogens with one attached hydrogen (secondary N) is 1. The fourth-order valence-electron chi connectivity index (χ4n) is 2.49. The molecule has 4 nitrogen and oxygen atoms in total. The van der Waals surface area contributed by atoms with Gasteiger partial charge in [-0.1, -0.05) is 13.8 Å². The van der Waals surface area contributed by atoms with Gasteiger partial charge in [0.05, 0.1) is 7.11 Å². The van der Waals surface area contributed by atoms with Crippen LogP contribution in [-0.4, -0.2) is 49.7 Å². The molecule has 0 aliphatic carbocycles. The molecule has 0 amide bonds. The van der Waals surface area contributed by atoms with Gasteiger partial charge in [0.15, 0.2) is 0 Å². The lowest BCUT2D eigenvalue weighted by Gasteiger charge is -2.37. The Morgan fingerprint density at radius 3 is 2.56 bits per heavy atom. The predicted molar refractivity (Wildman–Crippen MR) is 73.6 cm³/mol. The van der Waals surface area contributed by atoms with E-state index in [4.69, 9.17) is 4.74 Å². The van der Waals surface area contributed by atoms with Crippen molar-refractivity contribution in [2.45, 2.75) is 45.6 Å². The second kappa shape index (κ2) is 7.10. The van der Waals surface area contributed by atoms with Gasteiger partial charge in [-0.3, -0.25) is 4.79 Å². The quantitative estimate of drug-likeness (QED) is 0.734. The first-order valence-corrected chi connectivity index (χ1v) is 7.07. The molecule has 4 heteroatoms. The molecule has 0 saturated carbocycles. The van der Waals surface area contributed by atoms with Crippen molar-refractivity contribution < 1.29 is 9.53 Å². The molecular formula is C14H28N2O2. The van der Waals surface area contributed by atoms with Crippen molar-refractivity contribution in [2.75, 3.05) is 33.3 Å². The van der Waals surface area contributed by atoms with Crippen molar-refractivity contribution in [3.8, 4) is 0 Å². The minimum Gasteiger partial charge on any atom is -0.468 e. The molecule has 0 spiro atoms. The normalized spacial score (nSPS) is 21.6. The number of ether oxygens (including phenoxy) is 1. The van der Waals surface area contributed by atoms with Crippen LogP contribution in [0, 0.1) is 5.92 Å². The van der Waals surface area contributed by atoms with Crippen LogP contribution in [0.15, 0.2) is 0 Å². The van der Waals surface area contributed by atoms with Gasteiger partial charge in [0, 0.05) is 6.54 Å². The zero-order valence-corrected chi connectivity index (χ0v) is 12.3. The lowest BCUT2D eigenvalue weighted by Crippen LogP contribution is -2.58. The minimum atomic E-state index is -0.578. The summed E-state index contributed by atoms with van der Waals surface area (Å²) in [4.78, 5) is 14.3. The molecule has 0 radical (unpaired) electrons. The van der Waals surface area contributed by atoms with E-state index in [-0.39, 0.29) is 5.97 Å². The summed E-state index contributed by atoms with van der Waals surface area (Å²) in [6, 6.07) is 0. The number of carbonyl (C=O) groups is 1. The molecule has 1 rings (SSSR count). The largest absolute Gasteiger partial charge is 0.468 e. The summed E-state index contributed by atoms with van der Waals surface area (Å²) in [6.45, 7) is 10.1. The molecule has 1 saturated heterocycles. The molecule has 106 valence electrons. The van der Waals surface area contributed by atoms with Gasteiger partial charge in [0.2, 0.25) is 0 Å². The smallest absolute Gasteiger partial charge is 0.327 e. The van der Waals surface area contributed by atoms with Gasteiger partial charge in [0.1, 0.15) is 5.54 Å². The maximum absolute atomic E-state index is 12.0. The number of hydrogen-bond acceptors (Lipinski definition) is 4. The van der Waals surface area contributed by atoms with Crippen molar-refractivity contribution >= 4 is 5.97 Å². The average molecular weight is 256 g/mol. The number of nitrogens with zero attached hydrogens (tertiary/aromatic N) is 1. The van der Waals surface area contributed by atoms with Crippen molar-refractivity contribution in [1.29, 1.82) is 0 Å². The topological polar surface area (TPSA) is 41.6 Å². The molecule has 1 aliphatic rings. The average Bonchev–Trinajstić information content (AvgIpc) is 2.38. The molecule has 1 unspecified atom stereocenters. The highest BCUT2D eigenvalue weighted by atomic mass is 16.5. The third kappa shape index (κ3) is 4.25. The Hall–Kier alpha value is -0.610. The highest BCUT2D eigenvalue weighted by molar-refractivity contribution is 5.80. The number of rotatable bonds is 6. The summed E-state index contributed by atoms with van der Waals surface area (Å²) in [5.41, 5.74) is -0.578. The predicted octanol–water partition coefficient (Wildman–Crippen LogP) is 1.65. The van der Waals surface area contributed by atoms with E-state index in [2.05, 4.69) is 24.1 Å². The first-order valence-electron chi connectivity index (χ1n) is 7.07. The SMILES string of the molecule is CCCNC(C)(CN1CCC(C)CC1)C(=O)OC. The maximum Gasteiger partial charge on any atom is 0.327 e. The van der Waals surface area contributed by atoms with E-state index >= 15 is 0 Å². The molecule has 0 aromatic carbocycles. The molecule has 0 aromatic rings. The van der Waals surface area contributed by atoms with Crippen LogP contribution in [0.25, 0.3) is 0 Å².